The lowest BCUT2D eigenvalue weighted by Gasteiger charge is -2.27. The number of hydrogen-bond acceptors (Lipinski definition) is 1. The van der Waals surface area contributed by atoms with Crippen molar-refractivity contribution in [3.8, 4) is 0 Å². The number of hydrogen-bond donors (Lipinski definition) is 2. The van der Waals surface area contributed by atoms with Crippen molar-refractivity contribution in [1.82, 2.24) is 0 Å². The molecular formula is C20H29O3P. The van der Waals surface area contributed by atoms with Crippen LogP contribution in [0.2, 0.25) is 0 Å². The number of benzene rings is 2. The number of rotatable bonds is 7. The Morgan fingerprint density at radius 3 is 1.62 bits per heavy atom. The van der Waals surface area contributed by atoms with E-state index in [9.17, 15) is 0 Å². The molecule has 4 heteroatoms. The molecule has 0 heterocycles. The Labute approximate surface area is 146 Å². The molecule has 24 heavy (non-hydrogen) atoms. The van der Waals surface area contributed by atoms with Crippen LogP contribution in [0.1, 0.15) is 56.6 Å². The fourth-order valence-electron chi connectivity index (χ4n) is 3.13. The minimum Gasteiger partial charge on any atom is -0.326 e. The van der Waals surface area contributed by atoms with E-state index in [0.29, 0.717) is 5.92 Å². The average Bonchev–Trinajstić information content (AvgIpc) is 2.59. The lowest BCUT2D eigenvalue weighted by Crippen LogP contribution is -2.14. The first-order valence-electron chi connectivity index (χ1n) is 8.61. The van der Waals surface area contributed by atoms with Crippen molar-refractivity contribution in [3.63, 3.8) is 0 Å². The summed E-state index contributed by atoms with van der Waals surface area (Å²) in [4.78, 5) is 14.3. The van der Waals surface area contributed by atoms with E-state index in [2.05, 4.69) is 74.5 Å². The van der Waals surface area contributed by atoms with Crippen molar-refractivity contribution in [1.29, 1.82) is 0 Å². The lowest BCUT2D eigenvalue weighted by atomic mass is 9.77. The van der Waals surface area contributed by atoms with Crippen molar-refractivity contribution < 1.29 is 14.4 Å². The molecule has 0 aliphatic heterocycles. The molecule has 2 rings (SSSR count). The molecule has 0 saturated heterocycles. The fourth-order valence-corrected chi connectivity index (χ4v) is 3.13. The summed E-state index contributed by atoms with van der Waals surface area (Å²) in [5, 5.41) is 0. The van der Waals surface area contributed by atoms with E-state index in [4.69, 9.17) is 14.4 Å². The molecule has 0 aliphatic rings. The monoisotopic (exact) mass is 348 g/mol. The molecule has 2 N–H and O–H groups in total. The summed E-state index contributed by atoms with van der Waals surface area (Å²) in [5.74, 6) is 1.27. The Morgan fingerprint density at radius 2 is 1.29 bits per heavy atom. The summed E-state index contributed by atoms with van der Waals surface area (Å²) in [5.41, 5.74) is 2.92. The largest absolute Gasteiger partial charge is 0.326 e. The normalized spacial score (nSPS) is 11.9. The molecule has 0 amide bonds. The zero-order valence-corrected chi connectivity index (χ0v) is 15.6. The third kappa shape index (κ3) is 7.44. The Kier molecular flexibility index (Phi) is 10.3. The maximum atomic E-state index is 8.74. The second kappa shape index (κ2) is 12.0. The van der Waals surface area contributed by atoms with Gasteiger partial charge in [-0.05, 0) is 23.5 Å². The zero-order valence-electron chi connectivity index (χ0n) is 14.6. The molecule has 0 bridgehead atoms. The number of unbranched alkanes of at least 4 members (excludes halogenated alkanes) is 1. The molecule has 3 nitrogen and oxygen atoms in total. The van der Waals surface area contributed by atoms with Gasteiger partial charge in [-0.3, -0.25) is 4.57 Å². The van der Waals surface area contributed by atoms with E-state index in [1.165, 1.54) is 36.8 Å². The minimum absolute atomic E-state index is 0.536. The highest BCUT2D eigenvalue weighted by Gasteiger charge is 2.22. The molecule has 132 valence electrons. The van der Waals surface area contributed by atoms with Gasteiger partial charge in [-0.2, -0.15) is 0 Å². The molecule has 0 saturated carbocycles. The lowest BCUT2D eigenvalue weighted by molar-refractivity contribution is 0.405. The van der Waals surface area contributed by atoms with Gasteiger partial charge in [0.25, 0.3) is 0 Å². The van der Waals surface area contributed by atoms with E-state index >= 15 is 0 Å². The van der Waals surface area contributed by atoms with E-state index in [0.717, 1.165) is 5.92 Å². The molecule has 0 aliphatic carbocycles. The van der Waals surface area contributed by atoms with Crippen LogP contribution in [0.3, 0.4) is 0 Å². The highest BCUT2D eigenvalue weighted by Crippen LogP contribution is 2.36. The second-order valence-electron chi connectivity index (χ2n) is 5.89. The molecule has 2 aromatic carbocycles. The van der Waals surface area contributed by atoms with Crippen LogP contribution in [0.25, 0.3) is 0 Å². The first kappa shape index (κ1) is 20.6. The molecule has 0 fully saturated rings. The molecule has 0 radical (unpaired) electrons. The molecule has 0 spiro atoms. The first-order valence-corrected chi connectivity index (χ1v) is 9.92. The summed E-state index contributed by atoms with van der Waals surface area (Å²) in [6.07, 6.45) is 5.18. The SMILES string of the molecule is CCCCC(CC)C(c1ccccc1)c1ccccc1.O=[PH](O)O. The standard InChI is InChI=1S/C20H26.H3O3P/c1-3-5-12-17(4-2)20(18-13-8-6-9-14-18)19-15-10-7-11-16-19;1-4(2)3/h6-11,13-17,20H,3-5,12H2,1-2H3;4H,(H2,1,2,3). The van der Waals surface area contributed by atoms with E-state index in [-0.39, 0.29) is 0 Å². The van der Waals surface area contributed by atoms with Crippen molar-refractivity contribution in [2.75, 3.05) is 0 Å². The van der Waals surface area contributed by atoms with Crippen LogP contribution < -0.4 is 0 Å². The predicted octanol–water partition coefficient (Wildman–Crippen LogP) is 5.40. The smallest absolute Gasteiger partial charge is 0.314 e. The molecule has 1 unspecified atom stereocenters. The topological polar surface area (TPSA) is 57.5 Å². The third-order valence-corrected chi connectivity index (χ3v) is 4.24. The summed E-state index contributed by atoms with van der Waals surface area (Å²) < 4.78 is 8.74. The third-order valence-electron chi connectivity index (χ3n) is 4.24. The molecule has 1 atom stereocenters. The van der Waals surface area contributed by atoms with Crippen LogP contribution in [0.5, 0.6) is 0 Å². The predicted molar refractivity (Wildman–Crippen MR) is 101 cm³/mol. The molecule has 2 aromatic rings. The van der Waals surface area contributed by atoms with Crippen LogP contribution >= 0.6 is 8.25 Å². The van der Waals surface area contributed by atoms with Gasteiger partial charge in [0, 0.05) is 5.92 Å². The quantitative estimate of drug-likeness (QED) is 0.659. The van der Waals surface area contributed by atoms with Crippen LogP contribution in [0.4, 0.5) is 0 Å². The summed E-state index contributed by atoms with van der Waals surface area (Å²) in [6, 6.07) is 22.0. The van der Waals surface area contributed by atoms with Gasteiger partial charge in [-0.1, -0.05) is 93.8 Å². The zero-order chi connectivity index (χ0) is 17.8. The Bertz CT molecular complexity index is 528. The van der Waals surface area contributed by atoms with Crippen molar-refractivity contribution in [3.05, 3.63) is 71.8 Å². The van der Waals surface area contributed by atoms with Gasteiger partial charge in [0.05, 0.1) is 0 Å². The summed E-state index contributed by atoms with van der Waals surface area (Å²) in [7, 11) is -3.13. The van der Waals surface area contributed by atoms with Gasteiger partial charge in [0.1, 0.15) is 0 Å². The van der Waals surface area contributed by atoms with Gasteiger partial charge >= 0.3 is 8.25 Å². The first-order chi connectivity index (χ1) is 11.6. The van der Waals surface area contributed by atoms with Crippen LogP contribution in [-0.2, 0) is 4.57 Å². The van der Waals surface area contributed by atoms with Gasteiger partial charge < -0.3 is 9.79 Å². The maximum Gasteiger partial charge on any atom is 0.314 e. The van der Waals surface area contributed by atoms with Crippen LogP contribution in [0.15, 0.2) is 60.7 Å². The van der Waals surface area contributed by atoms with Crippen molar-refractivity contribution >= 4 is 8.25 Å². The maximum absolute atomic E-state index is 8.74. The minimum atomic E-state index is -3.13. The Morgan fingerprint density at radius 1 is 0.875 bits per heavy atom. The van der Waals surface area contributed by atoms with Crippen LogP contribution in [0, 0.1) is 5.92 Å². The van der Waals surface area contributed by atoms with Gasteiger partial charge in [-0.25, -0.2) is 0 Å². The highest BCUT2D eigenvalue weighted by molar-refractivity contribution is 7.30. The van der Waals surface area contributed by atoms with Crippen LogP contribution in [-0.4, -0.2) is 9.79 Å². The van der Waals surface area contributed by atoms with Gasteiger partial charge in [-0.15, -0.1) is 0 Å². The Balaban J connectivity index is 0.000000648. The van der Waals surface area contributed by atoms with E-state index < -0.39 is 8.25 Å². The average molecular weight is 348 g/mol. The second-order valence-corrected chi connectivity index (χ2v) is 6.46. The van der Waals surface area contributed by atoms with E-state index in [1.807, 2.05) is 0 Å². The van der Waals surface area contributed by atoms with Crippen molar-refractivity contribution in [2.24, 2.45) is 5.92 Å². The van der Waals surface area contributed by atoms with Crippen molar-refractivity contribution in [2.45, 2.75) is 45.4 Å². The summed E-state index contributed by atoms with van der Waals surface area (Å²) >= 11 is 0. The summed E-state index contributed by atoms with van der Waals surface area (Å²) in [6.45, 7) is 4.62. The fraction of sp³-hybridized carbons (Fsp3) is 0.400. The molecule has 0 aromatic heterocycles. The van der Waals surface area contributed by atoms with Gasteiger partial charge in [0.15, 0.2) is 0 Å². The molecular weight excluding hydrogens is 319 g/mol. The Hall–Kier alpha value is -1.41. The van der Waals surface area contributed by atoms with E-state index in [1.54, 1.807) is 0 Å². The van der Waals surface area contributed by atoms with Gasteiger partial charge in [0.2, 0.25) is 0 Å². The highest BCUT2D eigenvalue weighted by atomic mass is 31.1.